The van der Waals surface area contributed by atoms with Gasteiger partial charge in [-0.2, -0.15) is 4.98 Å². The van der Waals surface area contributed by atoms with Crippen LogP contribution in [0.3, 0.4) is 0 Å². The van der Waals surface area contributed by atoms with E-state index in [2.05, 4.69) is 10.1 Å². The van der Waals surface area contributed by atoms with Crippen molar-refractivity contribution in [3.05, 3.63) is 35.5 Å². The molecule has 0 saturated heterocycles. The zero-order valence-electron chi connectivity index (χ0n) is 8.87. The summed E-state index contributed by atoms with van der Waals surface area (Å²) in [6.07, 6.45) is 0. The zero-order chi connectivity index (χ0) is 11.7. The summed E-state index contributed by atoms with van der Waals surface area (Å²) in [4.78, 5) is 4.07. The minimum atomic E-state index is -0.350. The quantitative estimate of drug-likeness (QED) is 0.755. The normalized spacial score (nSPS) is 12.8. The maximum absolute atomic E-state index is 13.3. The number of hydrogen-bond donors (Lipinski definition) is 0. The van der Waals surface area contributed by atoms with E-state index in [4.69, 9.17) is 16.1 Å². The Kier molecular flexibility index (Phi) is 2.92. The molecular formula is C11H10ClFN2O. The van der Waals surface area contributed by atoms with Gasteiger partial charge in [0.25, 0.3) is 0 Å². The molecule has 0 aliphatic heterocycles. The molecule has 0 aliphatic rings. The van der Waals surface area contributed by atoms with Crippen molar-refractivity contribution >= 4 is 11.6 Å². The molecule has 16 heavy (non-hydrogen) atoms. The van der Waals surface area contributed by atoms with Crippen LogP contribution in [0.25, 0.3) is 11.4 Å². The smallest absolute Gasteiger partial charge is 0.244 e. The van der Waals surface area contributed by atoms with Crippen LogP contribution < -0.4 is 0 Å². The Morgan fingerprint density at radius 3 is 2.75 bits per heavy atom. The highest BCUT2D eigenvalue weighted by atomic mass is 35.5. The Labute approximate surface area is 97.2 Å². The molecule has 0 bridgehead atoms. The molecule has 3 nitrogen and oxygen atoms in total. The van der Waals surface area contributed by atoms with Crippen LogP contribution in [0, 0.1) is 12.7 Å². The van der Waals surface area contributed by atoms with Crippen LogP contribution in [0.4, 0.5) is 4.39 Å². The van der Waals surface area contributed by atoms with Crippen molar-refractivity contribution in [2.75, 3.05) is 0 Å². The standard InChI is InChI=1S/C11H10ClFN2O/c1-6-3-4-8(5-9(6)13)10-14-11(7(2)12)16-15-10/h3-5,7H,1-2H3/t7-/m1/s1. The van der Waals surface area contributed by atoms with E-state index in [9.17, 15) is 4.39 Å². The molecule has 1 aromatic carbocycles. The molecule has 1 heterocycles. The fourth-order valence-corrected chi connectivity index (χ4v) is 1.33. The molecule has 0 aliphatic carbocycles. The van der Waals surface area contributed by atoms with Crippen molar-refractivity contribution in [3.8, 4) is 11.4 Å². The molecule has 1 atom stereocenters. The lowest BCUT2D eigenvalue weighted by Crippen LogP contribution is -1.87. The molecular weight excluding hydrogens is 231 g/mol. The van der Waals surface area contributed by atoms with Crippen molar-refractivity contribution in [2.24, 2.45) is 0 Å². The number of alkyl halides is 1. The number of rotatable bonds is 2. The molecule has 0 unspecified atom stereocenters. The van der Waals surface area contributed by atoms with Gasteiger partial charge in [0.15, 0.2) is 0 Å². The highest BCUT2D eigenvalue weighted by Gasteiger charge is 2.13. The second-order valence-electron chi connectivity index (χ2n) is 3.54. The lowest BCUT2D eigenvalue weighted by atomic mass is 10.1. The summed E-state index contributed by atoms with van der Waals surface area (Å²) in [6, 6.07) is 4.79. The van der Waals surface area contributed by atoms with Crippen molar-refractivity contribution in [2.45, 2.75) is 19.2 Å². The molecule has 0 saturated carbocycles. The third kappa shape index (κ3) is 2.07. The van der Waals surface area contributed by atoms with E-state index >= 15 is 0 Å². The predicted octanol–water partition coefficient (Wildman–Crippen LogP) is 3.48. The number of halogens is 2. The second kappa shape index (κ2) is 4.22. The van der Waals surface area contributed by atoms with Gasteiger partial charge in [0.05, 0.1) is 0 Å². The van der Waals surface area contributed by atoms with Crippen molar-refractivity contribution in [3.63, 3.8) is 0 Å². The van der Waals surface area contributed by atoms with Gasteiger partial charge in [-0.3, -0.25) is 0 Å². The van der Waals surface area contributed by atoms with E-state index in [0.717, 1.165) is 0 Å². The van der Waals surface area contributed by atoms with Gasteiger partial charge in [0, 0.05) is 5.56 Å². The number of nitrogens with zero attached hydrogens (tertiary/aromatic N) is 2. The van der Waals surface area contributed by atoms with Crippen LogP contribution in [0.15, 0.2) is 22.7 Å². The monoisotopic (exact) mass is 240 g/mol. The van der Waals surface area contributed by atoms with Gasteiger partial charge in [-0.1, -0.05) is 17.3 Å². The average molecular weight is 241 g/mol. The van der Waals surface area contributed by atoms with Crippen molar-refractivity contribution in [1.82, 2.24) is 10.1 Å². The first-order chi connectivity index (χ1) is 7.58. The molecule has 2 aromatic rings. The third-order valence-corrected chi connectivity index (χ3v) is 2.40. The highest BCUT2D eigenvalue weighted by molar-refractivity contribution is 6.20. The largest absolute Gasteiger partial charge is 0.337 e. The number of aromatic nitrogens is 2. The Morgan fingerprint density at radius 1 is 1.44 bits per heavy atom. The van der Waals surface area contributed by atoms with Crippen LogP contribution in [-0.2, 0) is 0 Å². The van der Waals surface area contributed by atoms with Crippen LogP contribution in [-0.4, -0.2) is 10.1 Å². The average Bonchev–Trinajstić information content (AvgIpc) is 2.71. The Balaban J connectivity index is 2.39. The first-order valence-electron chi connectivity index (χ1n) is 4.82. The summed E-state index contributed by atoms with van der Waals surface area (Å²) in [7, 11) is 0. The van der Waals surface area contributed by atoms with Gasteiger partial charge < -0.3 is 4.52 Å². The van der Waals surface area contributed by atoms with Crippen molar-refractivity contribution < 1.29 is 8.91 Å². The maximum Gasteiger partial charge on any atom is 0.244 e. The van der Waals surface area contributed by atoms with E-state index in [1.165, 1.54) is 6.07 Å². The van der Waals surface area contributed by atoms with Gasteiger partial charge in [-0.05, 0) is 25.5 Å². The molecule has 0 spiro atoms. The minimum Gasteiger partial charge on any atom is -0.337 e. The summed E-state index contributed by atoms with van der Waals surface area (Å²) in [6.45, 7) is 3.43. The first kappa shape index (κ1) is 11.1. The fourth-order valence-electron chi connectivity index (χ4n) is 1.25. The van der Waals surface area contributed by atoms with E-state index in [1.807, 2.05) is 0 Å². The Hall–Kier alpha value is -1.42. The Bertz CT molecular complexity index is 510. The van der Waals surface area contributed by atoms with Crippen molar-refractivity contribution in [1.29, 1.82) is 0 Å². The third-order valence-electron chi connectivity index (χ3n) is 2.21. The minimum absolute atomic E-state index is 0.289. The van der Waals surface area contributed by atoms with E-state index in [-0.39, 0.29) is 11.2 Å². The summed E-state index contributed by atoms with van der Waals surface area (Å²) >= 11 is 5.79. The highest BCUT2D eigenvalue weighted by Crippen LogP contribution is 2.23. The molecule has 0 N–H and O–H groups in total. The molecule has 2 rings (SSSR count). The van der Waals surface area contributed by atoms with E-state index in [0.29, 0.717) is 22.8 Å². The van der Waals surface area contributed by atoms with Gasteiger partial charge >= 0.3 is 0 Å². The van der Waals surface area contributed by atoms with Crippen LogP contribution in [0.5, 0.6) is 0 Å². The summed E-state index contributed by atoms with van der Waals surface area (Å²) < 4.78 is 18.3. The Morgan fingerprint density at radius 2 is 2.19 bits per heavy atom. The number of aryl methyl sites for hydroxylation is 1. The number of hydrogen-bond acceptors (Lipinski definition) is 3. The summed E-state index contributed by atoms with van der Waals surface area (Å²) in [5, 5.41) is 3.39. The van der Waals surface area contributed by atoms with Crippen LogP contribution >= 0.6 is 11.6 Å². The van der Waals surface area contributed by atoms with Crippen LogP contribution in [0.2, 0.25) is 0 Å². The SMILES string of the molecule is Cc1ccc(-c2noc([C@@H](C)Cl)n2)cc1F. The molecule has 84 valence electrons. The summed E-state index contributed by atoms with van der Waals surface area (Å²) in [5.41, 5.74) is 1.16. The predicted molar refractivity (Wildman–Crippen MR) is 58.7 cm³/mol. The second-order valence-corrected chi connectivity index (χ2v) is 4.19. The first-order valence-corrected chi connectivity index (χ1v) is 5.26. The van der Waals surface area contributed by atoms with E-state index < -0.39 is 0 Å². The summed E-state index contributed by atoms with van der Waals surface area (Å²) in [5.74, 6) is 0.391. The van der Waals surface area contributed by atoms with Gasteiger partial charge in [0.1, 0.15) is 11.2 Å². The van der Waals surface area contributed by atoms with Gasteiger partial charge in [-0.15, -0.1) is 11.6 Å². The van der Waals surface area contributed by atoms with Gasteiger partial charge in [0.2, 0.25) is 11.7 Å². The lowest BCUT2D eigenvalue weighted by Gasteiger charge is -1.97. The zero-order valence-corrected chi connectivity index (χ0v) is 9.62. The topological polar surface area (TPSA) is 38.9 Å². The molecule has 0 amide bonds. The lowest BCUT2D eigenvalue weighted by molar-refractivity contribution is 0.379. The number of benzene rings is 1. The van der Waals surface area contributed by atoms with Gasteiger partial charge in [-0.25, -0.2) is 4.39 Å². The molecule has 1 aromatic heterocycles. The maximum atomic E-state index is 13.3. The van der Waals surface area contributed by atoms with E-state index in [1.54, 1.807) is 26.0 Å². The molecule has 0 fully saturated rings. The molecule has 0 radical (unpaired) electrons. The van der Waals surface area contributed by atoms with Crippen LogP contribution in [0.1, 0.15) is 23.8 Å². The molecule has 5 heteroatoms. The fraction of sp³-hybridized carbons (Fsp3) is 0.273.